The van der Waals surface area contributed by atoms with E-state index in [1.165, 1.54) is 0 Å². The molecule has 1 unspecified atom stereocenters. The van der Waals surface area contributed by atoms with Gasteiger partial charge < -0.3 is 5.32 Å². The Morgan fingerprint density at radius 3 is 2.50 bits per heavy atom. The van der Waals surface area contributed by atoms with Crippen LogP contribution in [0.25, 0.3) is 0 Å². The van der Waals surface area contributed by atoms with E-state index in [0.29, 0.717) is 5.02 Å². The van der Waals surface area contributed by atoms with Crippen molar-refractivity contribution < 1.29 is 0 Å². The summed E-state index contributed by atoms with van der Waals surface area (Å²) in [5, 5.41) is 3.91. The molecular weight excluding hydrogens is 220 g/mol. The second kappa shape index (κ2) is 5.10. The molecule has 0 radical (unpaired) electrons. The molecule has 1 N–H and O–H groups in total. The molecule has 1 aromatic carbocycles. The maximum atomic E-state index is 6.15. The van der Waals surface area contributed by atoms with Crippen LogP contribution in [-0.4, -0.2) is 12.0 Å². The van der Waals surface area contributed by atoms with Crippen LogP contribution in [0.4, 0.5) is 0 Å². The van der Waals surface area contributed by atoms with Crippen molar-refractivity contribution in [1.82, 2.24) is 10.3 Å². The highest BCUT2D eigenvalue weighted by Gasteiger charge is 2.15. The van der Waals surface area contributed by atoms with Crippen LogP contribution in [-0.2, 0) is 0 Å². The lowest BCUT2D eigenvalue weighted by molar-refractivity contribution is 0.671. The lowest BCUT2D eigenvalue weighted by atomic mass is 10.0. The number of hydrogen-bond acceptors (Lipinski definition) is 2. The highest BCUT2D eigenvalue weighted by molar-refractivity contribution is 6.31. The molecule has 2 rings (SSSR count). The smallest absolute Gasteiger partial charge is 0.0804 e. The van der Waals surface area contributed by atoms with E-state index in [1.54, 1.807) is 6.20 Å². The summed E-state index contributed by atoms with van der Waals surface area (Å²) in [4.78, 5) is 4.33. The fourth-order valence-corrected chi connectivity index (χ4v) is 1.95. The van der Waals surface area contributed by atoms with Gasteiger partial charge in [-0.05, 0) is 24.7 Å². The Hall–Kier alpha value is -1.38. The Balaban J connectivity index is 2.41. The van der Waals surface area contributed by atoms with Gasteiger partial charge in [-0.25, -0.2) is 0 Å². The number of rotatable bonds is 3. The van der Waals surface area contributed by atoms with Gasteiger partial charge in [0.1, 0.15) is 0 Å². The predicted molar refractivity (Wildman–Crippen MR) is 66.6 cm³/mol. The molecule has 0 aliphatic heterocycles. The van der Waals surface area contributed by atoms with Crippen LogP contribution in [0.3, 0.4) is 0 Å². The molecule has 2 aromatic rings. The average molecular weight is 233 g/mol. The quantitative estimate of drug-likeness (QED) is 0.880. The van der Waals surface area contributed by atoms with Crippen LogP contribution in [0.2, 0.25) is 5.02 Å². The summed E-state index contributed by atoms with van der Waals surface area (Å²) < 4.78 is 0. The molecular formula is C13H13ClN2. The molecule has 0 amide bonds. The zero-order chi connectivity index (χ0) is 11.4. The van der Waals surface area contributed by atoms with Gasteiger partial charge >= 0.3 is 0 Å². The maximum Gasteiger partial charge on any atom is 0.0804 e. The Labute approximate surface area is 100 Å². The zero-order valence-electron chi connectivity index (χ0n) is 9.02. The molecule has 82 valence electrons. The molecule has 0 saturated carbocycles. The molecule has 0 aliphatic rings. The van der Waals surface area contributed by atoms with Crippen molar-refractivity contribution in [2.24, 2.45) is 0 Å². The molecule has 0 bridgehead atoms. The van der Waals surface area contributed by atoms with Gasteiger partial charge in [0.2, 0.25) is 0 Å². The summed E-state index contributed by atoms with van der Waals surface area (Å²) in [6, 6.07) is 13.9. The number of pyridine rings is 1. The summed E-state index contributed by atoms with van der Waals surface area (Å²) >= 11 is 6.15. The molecule has 1 heterocycles. The van der Waals surface area contributed by atoms with Gasteiger partial charge in [-0.3, -0.25) is 4.98 Å². The van der Waals surface area contributed by atoms with Crippen LogP contribution >= 0.6 is 11.6 Å². The number of nitrogens with zero attached hydrogens (tertiary/aromatic N) is 1. The van der Waals surface area contributed by atoms with E-state index >= 15 is 0 Å². The van der Waals surface area contributed by atoms with Crippen molar-refractivity contribution in [2.45, 2.75) is 6.04 Å². The SMILES string of the molecule is CNC(c1ccccc1)c1ncccc1Cl. The third-order valence-electron chi connectivity index (χ3n) is 2.48. The minimum Gasteiger partial charge on any atom is -0.308 e. The van der Waals surface area contributed by atoms with Crippen molar-refractivity contribution in [3.63, 3.8) is 0 Å². The van der Waals surface area contributed by atoms with Crippen LogP contribution in [0.5, 0.6) is 0 Å². The molecule has 16 heavy (non-hydrogen) atoms. The first-order valence-corrected chi connectivity index (χ1v) is 5.53. The standard InChI is InChI=1S/C13H13ClN2/c1-15-12(10-6-3-2-4-7-10)13-11(14)8-5-9-16-13/h2-9,12,15H,1H3. The first-order valence-electron chi connectivity index (χ1n) is 5.15. The highest BCUT2D eigenvalue weighted by atomic mass is 35.5. The summed E-state index contributed by atoms with van der Waals surface area (Å²) in [5.74, 6) is 0. The van der Waals surface area contributed by atoms with E-state index < -0.39 is 0 Å². The molecule has 3 heteroatoms. The van der Waals surface area contributed by atoms with Gasteiger partial charge in [0, 0.05) is 6.20 Å². The lowest BCUT2D eigenvalue weighted by Gasteiger charge is -2.17. The second-order valence-electron chi connectivity index (χ2n) is 3.50. The molecule has 1 atom stereocenters. The predicted octanol–water partition coefficient (Wildman–Crippen LogP) is 3.04. The van der Waals surface area contributed by atoms with Gasteiger partial charge in [0.05, 0.1) is 16.8 Å². The van der Waals surface area contributed by atoms with Crippen LogP contribution in [0.15, 0.2) is 48.7 Å². The lowest BCUT2D eigenvalue weighted by Crippen LogP contribution is -2.19. The number of hydrogen-bond donors (Lipinski definition) is 1. The van der Waals surface area contributed by atoms with Crippen LogP contribution in [0.1, 0.15) is 17.3 Å². The van der Waals surface area contributed by atoms with Gasteiger partial charge in [-0.2, -0.15) is 0 Å². The number of nitrogens with one attached hydrogen (secondary N) is 1. The fraction of sp³-hybridized carbons (Fsp3) is 0.154. The van der Waals surface area contributed by atoms with E-state index in [2.05, 4.69) is 22.4 Å². The van der Waals surface area contributed by atoms with E-state index in [4.69, 9.17) is 11.6 Å². The fourth-order valence-electron chi connectivity index (χ4n) is 1.72. The van der Waals surface area contributed by atoms with E-state index in [9.17, 15) is 0 Å². The average Bonchev–Trinajstić information content (AvgIpc) is 2.34. The summed E-state index contributed by atoms with van der Waals surface area (Å²) in [6.07, 6.45) is 1.76. The van der Waals surface area contributed by atoms with Crippen molar-refractivity contribution in [3.8, 4) is 0 Å². The van der Waals surface area contributed by atoms with Gasteiger partial charge in [0.15, 0.2) is 0 Å². The third kappa shape index (κ3) is 2.23. The molecule has 0 aliphatic carbocycles. The third-order valence-corrected chi connectivity index (χ3v) is 2.80. The van der Waals surface area contributed by atoms with Gasteiger partial charge in [-0.15, -0.1) is 0 Å². The number of aromatic nitrogens is 1. The zero-order valence-corrected chi connectivity index (χ0v) is 9.78. The van der Waals surface area contributed by atoms with E-state index in [-0.39, 0.29) is 6.04 Å². The van der Waals surface area contributed by atoms with E-state index in [1.807, 2.05) is 37.4 Å². The summed E-state index contributed by atoms with van der Waals surface area (Å²) in [7, 11) is 1.91. The van der Waals surface area contributed by atoms with Gasteiger partial charge in [0.25, 0.3) is 0 Å². The Morgan fingerprint density at radius 1 is 1.12 bits per heavy atom. The van der Waals surface area contributed by atoms with Crippen molar-refractivity contribution in [3.05, 3.63) is 64.9 Å². The van der Waals surface area contributed by atoms with Gasteiger partial charge in [-0.1, -0.05) is 41.9 Å². The van der Waals surface area contributed by atoms with Crippen molar-refractivity contribution >= 4 is 11.6 Å². The maximum absolute atomic E-state index is 6.15. The number of benzene rings is 1. The van der Waals surface area contributed by atoms with Crippen LogP contribution < -0.4 is 5.32 Å². The molecule has 0 saturated heterocycles. The second-order valence-corrected chi connectivity index (χ2v) is 3.91. The molecule has 2 nitrogen and oxygen atoms in total. The van der Waals surface area contributed by atoms with E-state index in [0.717, 1.165) is 11.3 Å². The minimum absolute atomic E-state index is 0.0369. The molecule has 0 spiro atoms. The minimum atomic E-state index is 0.0369. The number of halogens is 1. The Kier molecular flexibility index (Phi) is 3.54. The Morgan fingerprint density at radius 2 is 1.88 bits per heavy atom. The van der Waals surface area contributed by atoms with Crippen LogP contribution in [0, 0.1) is 0 Å². The topological polar surface area (TPSA) is 24.9 Å². The summed E-state index contributed by atoms with van der Waals surface area (Å²) in [5.41, 5.74) is 2.02. The van der Waals surface area contributed by atoms with Crippen molar-refractivity contribution in [2.75, 3.05) is 7.05 Å². The highest BCUT2D eigenvalue weighted by Crippen LogP contribution is 2.25. The monoisotopic (exact) mass is 232 g/mol. The molecule has 1 aromatic heterocycles. The largest absolute Gasteiger partial charge is 0.308 e. The first kappa shape index (κ1) is 11.1. The Bertz CT molecular complexity index is 456. The normalized spacial score (nSPS) is 12.4. The first-order chi connectivity index (χ1) is 7.83. The summed E-state index contributed by atoms with van der Waals surface area (Å²) in [6.45, 7) is 0. The molecule has 0 fully saturated rings. The van der Waals surface area contributed by atoms with Crippen molar-refractivity contribution in [1.29, 1.82) is 0 Å².